The number of benzene rings is 1. The predicted molar refractivity (Wildman–Crippen MR) is 100 cm³/mol. The molecule has 27 heavy (non-hydrogen) atoms. The number of hydrogen-bond acceptors (Lipinski definition) is 5. The van der Waals surface area contributed by atoms with Gasteiger partial charge in [-0.25, -0.2) is 0 Å². The summed E-state index contributed by atoms with van der Waals surface area (Å²) in [6.45, 7) is 7.88. The average Bonchev–Trinajstić information content (AvgIpc) is 2.65. The van der Waals surface area contributed by atoms with Gasteiger partial charge in [0.15, 0.2) is 6.61 Å². The monoisotopic (exact) mass is 376 g/mol. The Morgan fingerprint density at radius 3 is 2.19 bits per heavy atom. The van der Waals surface area contributed by atoms with E-state index in [0.717, 1.165) is 11.1 Å². The maximum Gasteiger partial charge on any atom is 0.306 e. The van der Waals surface area contributed by atoms with Gasteiger partial charge < -0.3 is 19.3 Å². The zero-order valence-corrected chi connectivity index (χ0v) is 16.3. The fourth-order valence-corrected chi connectivity index (χ4v) is 3.00. The van der Waals surface area contributed by atoms with Gasteiger partial charge in [0.1, 0.15) is 5.75 Å². The van der Waals surface area contributed by atoms with Gasteiger partial charge in [0, 0.05) is 32.6 Å². The minimum atomic E-state index is -0.358. The van der Waals surface area contributed by atoms with E-state index in [-0.39, 0.29) is 37.2 Å². The first kappa shape index (κ1) is 20.7. The summed E-state index contributed by atoms with van der Waals surface area (Å²) in [5, 5.41) is 0. The normalized spacial score (nSPS) is 14.0. The molecule has 7 heteroatoms. The zero-order chi connectivity index (χ0) is 19.8. The van der Waals surface area contributed by atoms with E-state index in [2.05, 4.69) is 0 Å². The summed E-state index contributed by atoms with van der Waals surface area (Å²) in [5.41, 5.74) is 2.15. The first-order valence-electron chi connectivity index (χ1n) is 9.32. The lowest BCUT2D eigenvalue weighted by Gasteiger charge is -2.34. The highest BCUT2D eigenvalue weighted by molar-refractivity contribution is 5.82. The van der Waals surface area contributed by atoms with E-state index in [1.54, 1.807) is 16.7 Å². The number of hydrogen-bond donors (Lipinski definition) is 0. The van der Waals surface area contributed by atoms with Crippen LogP contribution in [-0.2, 0) is 19.1 Å². The van der Waals surface area contributed by atoms with Crippen LogP contribution in [0.2, 0.25) is 0 Å². The number of carbonyl (C=O) groups excluding carboxylic acids is 3. The van der Waals surface area contributed by atoms with Crippen molar-refractivity contribution in [2.45, 2.75) is 33.6 Å². The lowest BCUT2D eigenvalue weighted by atomic mass is 10.1. The standard InChI is InChI=1S/C20H28N2O5/c1-4-26-20(25)8-7-18(23)21-9-11-22(12-10-21)19(24)14-27-17-6-5-15(2)13-16(17)3/h5-6,13H,4,7-12,14H2,1-3H3. The fourth-order valence-electron chi connectivity index (χ4n) is 3.00. The third-order valence-corrected chi connectivity index (χ3v) is 4.51. The number of piperazine rings is 1. The smallest absolute Gasteiger partial charge is 0.306 e. The highest BCUT2D eigenvalue weighted by Crippen LogP contribution is 2.18. The lowest BCUT2D eigenvalue weighted by molar-refractivity contribution is -0.146. The van der Waals surface area contributed by atoms with Crippen LogP contribution in [0.1, 0.15) is 30.9 Å². The molecule has 0 bridgehead atoms. The molecule has 1 saturated heterocycles. The second-order valence-corrected chi connectivity index (χ2v) is 6.62. The van der Waals surface area contributed by atoms with E-state index in [9.17, 15) is 14.4 Å². The Morgan fingerprint density at radius 2 is 1.59 bits per heavy atom. The number of rotatable bonds is 7. The second kappa shape index (κ2) is 9.94. The second-order valence-electron chi connectivity index (χ2n) is 6.62. The minimum Gasteiger partial charge on any atom is -0.484 e. The molecule has 0 saturated carbocycles. The SMILES string of the molecule is CCOC(=O)CCC(=O)N1CCN(C(=O)COc2ccc(C)cc2C)CC1. The average molecular weight is 376 g/mol. The van der Waals surface area contributed by atoms with Gasteiger partial charge in [-0.15, -0.1) is 0 Å². The molecule has 7 nitrogen and oxygen atoms in total. The van der Waals surface area contributed by atoms with Gasteiger partial charge in [0.2, 0.25) is 5.91 Å². The molecule has 148 valence electrons. The van der Waals surface area contributed by atoms with Gasteiger partial charge >= 0.3 is 5.97 Å². The molecule has 0 N–H and O–H groups in total. The molecule has 1 aliphatic heterocycles. The third-order valence-electron chi connectivity index (χ3n) is 4.51. The van der Waals surface area contributed by atoms with E-state index in [0.29, 0.717) is 38.5 Å². The summed E-state index contributed by atoms with van der Waals surface area (Å²) in [6.07, 6.45) is 0.234. The van der Waals surface area contributed by atoms with Crippen LogP contribution in [0.4, 0.5) is 0 Å². The van der Waals surface area contributed by atoms with Crippen LogP contribution >= 0.6 is 0 Å². The van der Waals surface area contributed by atoms with Crippen molar-refractivity contribution in [1.29, 1.82) is 0 Å². The summed E-state index contributed by atoms with van der Waals surface area (Å²) in [5.74, 6) is 0.181. The molecule has 0 aliphatic carbocycles. The van der Waals surface area contributed by atoms with E-state index in [1.165, 1.54) is 0 Å². The number of esters is 1. The van der Waals surface area contributed by atoms with Gasteiger partial charge in [0.25, 0.3) is 5.91 Å². The molecule has 0 aromatic heterocycles. The molecular formula is C20H28N2O5. The van der Waals surface area contributed by atoms with Gasteiger partial charge in [-0.3, -0.25) is 14.4 Å². The van der Waals surface area contributed by atoms with Gasteiger partial charge in [0.05, 0.1) is 13.0 Å². The van der Waals surface area contributed by atoms with Crippen molar-refractivity contribution in [3.8, 4) is 5.75 Å². The van der Waals surface area contributed by atoms with Gasteiger partial charge in [-0.2, -0.15) is 0 Å². The summed E-state index contributed by atoms with van der Waals surface area (Å²) in [6, 6.07) is 5.84. The molecule has 0 atom stereocenters. The molecule has 2 amide bonds. The Bertz CT molecular complexity index is 681. The Morgan fingerprint density at radius 1 is 0.963 bits per heavy atom. The van der Waals surface area contributed by atoms with Crippen molar-refractivity contribution in [1.82, 2.24) is 9.80 Å². The van der Waals surface area contributed by atoms with Crippen molar-refractivity contribution < 1.29 is 23.9 Å². The van der Waals surface area contributed by atoms with Crippen LogP contribution in [-0.4, -0.2) is 67.0 Å². The maximum absolute atomic E-state index is 12.3. The van der Waals surface area contributed by atoms with Crippen LogP contribution in [0.3, 0.4) is 0 Å². The topological polar surface area (TPSA) is 76.2 Å². The maximum atomic E-state index is 12.3. The lowest BCUT2D eigenvalue weighted by Crippen LogP contribution is -2.51. The molecule has 1 fully saturated rings. The van der Waals surface area contributed by atoms with Crippen molar-refractivity contribution in [3.05, 3.63) is 29.3 Å². The largest absolute Gasteiger partial charge is 0.484 e. The molecule has 0 radical (unpaired) electrons. The molecule has 0 spiro atoms. The highest BCUT2D eigenvalue weighted by Gasteiger charge is 2.24. The summed E-state index contributed by atoms with van der Waals surface area (Å²) >= 11 is 0. The van der Waals surface area contributed by atoms with Crippen LogP contribution in [0.5, 0.6) is 5.75 Å². The third kappa shape index (κ3) is 6.27. The van der Waals surface area contributed by atoms with Crippen molar-refractivity contribution >= 4 is 17.8 Å². The van der Waals surface area contributed by atoms with Gasteiger partial charge in [-0.05, 0) is 32.4 Å². The molecule has 2 rings (SSSR count). The van der Waals surface area contributed by atoms with E-state index in [4.69, 9.17) is 9.47 Å². The Kier molecular flexibility index (Phi) is 7.64. The number of ether oxygens (including phenoxy) is 2. The summed E-state index contributed by atoms with van der Waals surface area (Å²) in [7, 11) is 0. The van der Waals surface area contributed by atoms with E-state index in [1.807, 2.05) is 32.0 Å². The molecular weight excluding hydrogens is 348 g/mol. The van der Waals surface area contributed by atoms with Crippen LogP contribution in [0.25, 0.3) is 0 Å². The molecule has 1 heterocycles. The highest BCUT2D eigenvalue weighted by atomic mass is 16.5. The van der Waals surface area contributed by atoms with Crippen LogP contribution in [0.15, 0.2) is 18.2 Å². The number of aryl methyl sites for hydroxylation is 2. The Hall–Kier alpha value is -2.57. The van der Waals surface area contributed by atoms with Crippen LogP contribution < -0.4 is 4.74 Å². The van der Waals surface area contributed by atoms with Crippen molar-refractivity contribution in [2.75, 3.05) is 39.4 Å². The fraction of sp³-hybridized carbons (Fsp3) is 0.550. The molecule has 1 aromatic carbocycles. The van der Waals surface area contributed by atoms with E-state index < -0.39 is 0 Å². The number of amides is 2. The zero-order valence-electron chi connectivity index (χ0n) is 16.3. The minimum absolute atomic E-state index is 0.0132. The van der Waals surface area contributed by atoms with Crippen molar-refractivity contribution in [3.63, 3.8) is 0 Å². The predicted octanol–water partition coefficient (Wildman–Crippen LogP) is 1.70. The Balaban J connectivity index is 1.73. The molecule has 0 unspecified atom stereocenters. The first-order chi connectivity index (χ1) is 12.9. The Labute approximate surface area is 160 Å². The van der Waals surface area contributed by atoms with Crippen molar-refractivity contribution in [2.24, 2.45) is 0 Å². The molecule has 1 aromatic rings. The number of carbonyl (C=O) groups is 3. The number of nitrogens with zero attached hydrogens (tertiary/aromatic N) is 2. The van der Waals surface area contributed by atoms with Gasteiger partial charge in [-0.1, -0.05) is 17.7 Å². The molecule has 1 aliphatic rings. The summed E-state index contributed by atoms with van der Waals surface area (Å²) in [4.78, 5) is 39.2. The summed E-state index contributed by atoms with van der Waals surface area (Å²) < 4.78 is 10.5. The first-order valence-corrected chi connectivity index (χ1v) is 9.32. The van der Waals surface area contributed by atoms with E-state index >= 15 is 0 Å². The van der Waals surface area contributed by atoms with Crippen LogP contribution in [0, 0.1) is 13.8 Å². The quantitative estimate of drug-likeness (QED) is 0.677.